The molecule has 0 fully saturated rings. The average molecular weight is 457 g/mol. The van der Waals surface area contributed by atoms with Crippen molar-refractivity contribution >= 4 is 28.1 Å². The maximum Gasteiger partial charge on any atom is 0.196 e. The van der Waals surface area contributed by atoms with Crippen molar-refractivity contribution in [3.8, 4) is 22.6 Å². The summed E-state index contributed by atoms with van der Waals surface area (Å²) in [5.41, 5.74) is 8.74. The Hall–Kier alpha value is -4.44. The van der Waals surface area contributed by atoms with Crippen molar-refractivity contribution in [2.45, 2.75) is 20.8 Å². The fourth-order valence-corrected chi connectivity index (χ4v) is 4.71. The van der Waals surface area contributed by atoms with Gasteiger partial charge >= 0.3 is 0 Å². The molecule has 0 saturated carbocycles. The van der Waals surface area contributed by atoms with Crippen LogP contribution in [-0.2, 0) is 0 Å². The quantitative estimate of drug-likeness (QED) is 0.293. The molecule has 4 nitrogen and oxygen atoms in total. The monoisotopic (exact) mass is 456 g/mol. The molecule has 1 N–H and O–H groups in total. The Morgan fingerprint density at radius 3 is 2.11 bits per heavy atom. The van der Waals surface area contributed by atoms with Crippen molar-refractivity contribution in [1.29, 1.82) is 0 Å². The van der Waals surface area contributed by atoms with E-state index < -0.39 is 0 Å². The normalized spacial score (nSPS) is 11.9. The van der Waals surface area contributed by atoms with Crippen LogP contribution in [-0.4, -0.2) is 10.8 Å². The highest BCUT2D eigenvalue weighted by atomic mass is 16.5. The fraction of sp³-hybridized carbons (Fsp3) is 0.0968. The zero-order chi connectivity index (χ0) is 24.1. The van der Waals surface area contributed by atoms with Gasteiger partial charge in [0.25, 0.3) is 0 Å². The van der Waals surface area contributed by atoms with E-state index in [0.29, 0.717) is 28.1 Å². The number of ether oxygens (including phenoxy) is 1. The zero-order valence-corrected chi connectivity index (χ0v) is 19.8. The van der Waals surface area contributed by atoms with Crippen LogP contribution in [0.25, 0.3) is 22.0 Å². The SMILES string of the molecule is Cc1ccc(Nc2cc(Oc3ccc(C)cc3)c3nc(C)cc4c3c2C(=O)c2ccccc2-4)cc1. The molecule has 0 amide bonds. The Morgan fingerprint density at radius 2 is 1.40 bits per heavy atom. The molecule has 1 aromatic heterocycles. The second-order valence-corrected chi connectivity index (χ2v) is 9.11. The number of aryl methyl sites for hydroxylation is 3. The summed E-state index contributed by atoms with van der Waals surface area (Å²) in [4.78, 5) is 18.7. The molecule has 170 valence electrons. The maximum absolute atomic E-state index is 13.8. The van der Waals surface area contributed by atoms with E-state index in [1.165, 1.54) is 5.56 Å². The summed E-state index contributed by atoms with van der Waals surface area (Å²) >= 11 is 0. The first-order valence-corrected chi connectivity index (χ1v) is 11.7. The van der Waals surface area contributed by atoms with Crippen LogP contribution in [0.1, 0.15) is 32.7 Å². The van der Waals surface area contributed by atoms with E-state index in [2.05, 4.69) is 18.3 Å². The highest BCUT2D eigenvalue weighted by Gasteiger charge is 2.30. The van der Waals surface area contributed by atoms with E-state index in [4.69, 9.17) is 9.72 Å². The Bertz CT molecular complexity index is 1620. The van der Waals surface area contributed by atoms with Crippen LogP contribution in [0.15, 0.2) is 84.9 Å². The lowest BCUT2D eigenvalue weighted by Crippen LogP contribution is -2.14. The summed E-state index contributed by atoms with van der Waals surface area (Å²) in [5, 5.41) is 4.30. The van der Waals surface area contributed by atoms with E-state index in [1.807, 2.05) is 92.7 Å². The number of nitrogens with one attached hydrogen (secondary N) is 1. The lowest BCUT2D eigenvalue weighted by atomic mass is 9.82. The maximum atomic E-state index is 13.8. The third-order valence-corrected chi connectivity index (χ3v) is 6.44. The summed E-state index contributed by atoms with van der Waals surface area (Å²) in [6, 6.07) is 27.8. The molecule has 4 aromatic carbocycles. The molecule has 1 aliphatic rings. The molecular weight excluding hydrogens is 432 g/mol. The van der Waals surface area contributed by atoms with Gasteiger partial charge < -0.3 is 10.1 Å². The molecule has 4 heteroatoms. The van der Waals surface area contributed by atoms with E-state index in [-0.39, 0.29) is 5.78 Å². The molecule has 0 aliphatic heterocycles. The molecule has 35 heavy (non-hydrogen) atoms. The number of hydrogen-bond acceptors (Lipinski definition) is 4. The number of benzene rings is 4. The van der Waals surface area contributed by atoms with Crippen molar-refractivity contribution in [1.82, 2.24) is 4.98 Å². The lowest BCUT2D eigenvalue weighted by Gasteiger charge is -2.24. The molecule has 5 aromatic rings. The van der Waals surface area contributed by atoms with Gasteiger partial charge in [0.15, 0.2) is 11.5 Å². The van der Waals surface area contributed by atoms with E-state index in [9.17, 15) is 4.79 Å². The Kier molecular flexibility index (Phi) is 4.89. The Balaban J connectivity index is 1.64. The van der Waals surface area contributed by atoms with Crippen LogP contribution >= 0.6 is 0 Å². The summed E-state index contributed by atoms with van der Waals surface area (Å²) < 4.78 is 6.39. The summed E-state index contributed by atoms with van der Waals surface area (Å²) in [6.45, 7) is 6.07. The number of hydrogen-bond donors (Lipinski definition) is 1. The smallest absolute Gasteiger partial charge is 0.196 e. The first-order valence-electron chi connectivity index (χ1n) is 11.7. The first kappa shape index (κ1) is 21.1. The molecule has 0 radical (unpaired) electrons. The van der Waals surface area contributed by atoms with E-state index in [0.717, 1.165) is 39.2 Å². The van der Waals surface area contributed by atoms with Gasteiger partial charge in [-0.1, -0.05) is 59.7 Å². The molecule has 0 spiro atoms. The van der Waals surface area contributed by atoms with Crippen LogP contribution in [0.3, 0.4) is 0 Å². The topological polar surface area (TPSA) is 51.2 Å². The van der Waals surface area contributed by atoms with Crippen LogP contribution < -0.4 is 10.1 Å². The number of rotatable bonds is 4. The van der Waals surface area contributed by atoms with Gasteiger partial charge in [-0.2, -0.15) is 0 Å². The van der Waals surface area contributed by atoms with Gasteiger partial charge in [0.05, 0.1) is 11.3 Å². The van der Waals surface area contributed by atoms with Crippen LogP contribution in [0, 0.1) is 20.8 Å². The Labute approximate surface area is 204 Å². The van der Waals surface area contributed by atoms with E-state index >= 15 is 0 Å². The number of aromatic nitrogens is 1. The van der Waals surface area contributed by atoms with Crippen molar-refractivity contribution in [3.05, 3.63) is 113 Å². The van der Waals surface area contributed by atoms with Gasteiger partial charge in [-0.3, -0.25) is 4.79 Å². The van der Waals surface area contributed by atoms with Crippen LogP contribution in [0.4, 0.5) is 11.4 Å². The number of anilines is 2. The van der Waals surface area contributed by atoms with Gasteiger partial charge in [0, 0.05) is 28.4 Å². The number of fused-ring (bicyclic) bond motifs is 2. The fourth-order valence-electron chi connectivity index (χ4n) is 4.71. The van der Waals surface area contributed by atoms with Gasteiger partial charge in [-0.05, 0) is 62.2 Å². The summed E-state index contributed by atoms with van der Waals surface area (Å²) in [6.07, 6.45) is 0. The highest BCUT2D eigenvalue weighted by molar-refractivity contribution is 6.28. The number of ketones is 1. The molecule has 6 rings (SSSR count). The number of pyridine rings is 1. The van der Waals surface area contributed by atoms with Crippen LogP contribution in [0.5, 0.6) is 11.5 Å². The third kappa shape index (κ3) is 3.64. The standard InChI is InChI=1S/C31H24N2O2/c1-18-8-12-21(13-9-18)33-26-17-27(35-22-14-10-19(2)11-15-22)30-28-25(16-20(3)32-30)23-6-4-5-7-24(23)31(34)29(26)28/h4-17,33H,1-3H3. The second-order valence-electron chi connectivity index (χ2n) is 9.11. The van der Waals surface area contributed by atoms with E-state index in [1.54, 1.807) is 0 Å². The minimum atomic E-state index is -0.0137. The zero-order valence-electron chi connectivity index (χ0n) is 19.8. The van der Waals surface area contributed by atoms with Crippen molar-refractivity contribution in [3.63, 3.8) is 0 Å². The summed E-state index contributed by atoms with van der Waals surface area (Å²) in [7, 11) is 0. The lowest BCUT2D eigenvalue weighted by molar-refractivity contribution is 0.104. The van der Waals surface area contributed by atoms with Gasteiger partial charge in [0.1, 0.15) is 11.3 Å². The molecular formula is C31H24N2O2. The molecule has 1 heterocycles. The third-order valence-electron chi connectivity index (χ3n) is 6.44. The minimum Gasteiger partial charge on any atom is -0.455 e. The van der Waals surface area contributed by atoms with Gasteiger partial charge in [-0.15, -0.1) is 0 Å². The van der Waals surface area contributed by atoms with Crippen molar-refractivity contribution < 1.29 is 9.53 Å². The molecule has 0 saturated heterocycles. The Morgan fingerprint density at radius 1 is 0.743 bits per heavy atom. The first-order chi connectivity index (χ1) is 17.0. The largest absolute Gasteiger partial charge is 0.455 e. The van der Waals surface area contributed by atoms with Crippen molar-refractivity contribution in [2.75, 3.05) is 5.32 Å². The van der Waals surface area contributed by atoms with Crippen molar-refractivity contribution in [2.24, 2.45) is 0 Å². The second kappa shape index (κ2) is 8.10. The summed E-state index contributed by atoms with van der Waals surface area (Å²) in [5.74, 6) is 1.32. The average Bonchev–Trinajstić information content (AvgIpc) is 2.86. The molecule has 0 atom stereocenters. The number of nitrogens with zero attached hydrogens (tertiary/aromatic N) is 1. The molecule has 0 bridgehead atoms. The predicted molar refractivity (Wildman–Crippen MR) is 141 cm³/mol. The predicted octanol–water partition coefficient (Wildman–Crippen LogP) is 7.91. The highest BCUT2D eigenvalue weighted by Crippen LogP contribution is 2.46. The number of carbonyl (C=O) groups excluding carboxylic acids is 1. The molecule has 1 aliphatic carbocycles. The molecule has 0 unspecified atom stereocenters. The minimum absolute atomic E-state index is 0.0137. The van der Waals surface area contributed by atoms with Gasteiger partial charge in [-0.25, -0.2) is 4.98 Å². The number of carbonyl (C=O) groups is 1. The van der Waals surface area contributed by atoms with Gasteiger partial charge in [0.2, 0.25) is 0 Å². The van der Waals surface area contributed by atoms with Crippen LogP contribution in [0.2, 0.25) is 0 Å².